The van der Waals surface area contributed by atoms with Crippen LogP contribution in [-0.4, -0.2) is 109 Å². The number of β-lactam (4-membered cyclic amide) rings is 1. The highest BCUT2D eigenvalue weighted by Crippen LogP contribution is 2.40. The first-order valence-electron chi connectivity index (χ1n) is 12.4. The first-order valence-corrected chi connectivity index (χ1v) is 15.4. The zero-order chi connectivity index (χ0) is 29.7. The van der Waals surface area contributed by atoms with Crippen molar-refractivity contribution in [3.05, 3.63) is 17.1 Å². The lowest BCUT2D eigenvalue weighted by Crippen LogP contribution is -2.71. The number of nitrogens with two attached hydrogens (primary N) is 2. The Morgan fingerprint density at radius 1 is 1.37 bits per heavy atom. The number of amidine groups is 1. The van der Waals surface area contributed by atoms with E-state index in [1.807, 2.05) is 6.26 Å². The summed E-state index contributed by atoms with van der Waals surface area (Å²) in [6.07, 6.45) is 6.91. The number of carboxylic acid groups (broad SMARTS) is 1. The predicted molar refractivity (Wildman–Crippen MR) is 155 cm³/mol. The number of hydrazone groups is 1. The first kappa shape index (κ1) is 30.7. The Bertz CT molecular complexity index is 1300. The molecule has 6 N–H and O–H groups in total. The molecule has 1 unspecified atom stereocenters. The summed E-state index contributed by atoms with van der Waals surface area (Å²) in [5.41, 5.74) is 11.2. The maximum absolute atomic E-state index is 13.0. The second-order valence-electron chi connectivity index (χ2n) is 9.13. The van der Waals surface area contributed by atoms with Crippen LogP contribution in [0.5, 0.6) is 0 Å². The van der Waals surface area contributed by atoms with Crippen molar-refractivity contribution in [1.82, 2.24) is 24.6 Å². The maximum Gasteiger partial charge on any atom is 0.353 e. The molecule has 1 aromatic rings. The fourth-order valence-electron chi connectivity index (χ4n) is 4.42. The van der Waals surface area contributed by atoms with Gasteiger partial charge in [-0.15, -0.1) is 11.8 Å². The Kier molecular flexibility index (Phi) is 10.2. The van der Waals surface area contributed by atoms with E-state index in [1.54, 1.807) is 12.1 Å². The molecule has 0 spiro atoms. The Morgan fingerprint density at radius 2 is 2.10 bits per heavy atom. The summed E-state index contributed by atoms with van der Waals surface area (Å²) in [4.78, 5) is 52.2. The van der Waals surface area contributed by atoms with Crippen molar-refractivity contribution in [2.45, 2.75) is 49.2 Å². The number of nitrogens with one attached hydrogen (secondary N) is 1. The molecule has 15 nitrogen and oxygen atoms in total. The molecule has 2 fully saturated rings. The largest absolute Gasteiger partial charge is 0.477 e. The van der Waals surface area contributed by atoms with Crippen molar-refractivity contribution < 1.29 is 28.7 Å². The summed E-state index contributed by atoms with van der Waals surface area (Å²) in [7, 11) is 1.72. The standard InChI is InChI=1S/C22H29FN10O5S3/c1-32(22(39-2)27-12-5-3-11(24)4-6-12)26-7-10-8-40-19-14(18(35)33(19)15(10)20(36)37)28-17(34)13(30-38-9-23)16-29-21(25)41-31-16/h7,11-12,14,19H,3-6,8-9,24H2,1-2H3,(H,28,34)(H,36,37)(H2,25,29,31)/b26-7?,27-22?,30-13-/t11?,12?,14?,19-/m0/s1. The number of thioether (sulfide) groups is 2. The lowest BCUT2D eigenvalue weighted by atomic mass is 9.92. The van der Waals surface area contributed by atoms with Crippen molar-refractivity contribution in [2.24, 2.45) is 21.0 Å². The minimum Gasteiger partial charge on any atom is -0.477 e. The van der Waals surface area contributed by atoms with Gasteiger partial charge in [0.1, 0.15) is 17.1 Å². The van der Waals surface area contributed by atoms with E-state index in [4.69, 9.17) is 16.5 Å². The fourth-order valence-corrected chi connectivity index (χ4v) is 6.71. The molecular formula is C22H29FN10O5S3. The van der Waals surface area contributed by atoms with E-state index in [9.17, 15) is 23.9 Å². The molecule has 2 aliphatic heterocycles. The van der Waals surface area contributed by atoms with Gasteiger partial charge in [0.25, 0.3) is 18.7 Å². The molecule has 3 aliphatic rings. The molecule has 3 heterocycles. The van der Waals surface area contributed by atoms with E-state index in [0.717, 1.165) is 42.1 Å². The van der Waals surface area contributed by atoms with E-state index < -0.39 is 41.8 Å². The number of alkyl halides is 1. The molecule has 1 aromatic heterocycles. The number of halogens is 1. The normalized spacial score (nSPS) is 25.2. The van der Waals surface area contributed by atoms with Crippen molar-refractivity contribution in [2.75, 3.05) is 31.7 Å². The smallest absolute Gasteiger partial charge is 0.353 e. The van der Waals surface area contributed by atoms with Crippen molar-refractivity contribution in [1.29, 1.82) is 0 Å². The number of rotatable bonds is 9. The van der Waals surface area contributed by atoms with Gasteiger partial charge in [0.2, 0.25) is 11.5 Å². The number of carbonyl (C=O) groups is 3. The maximum atomic E-state index is 13.0. The lowest BCUT2D eigenvalue weighted by molar-refractivity contribution is -0.150. The number of aromatic nitrogens is 2. The predicted octanol–water partition coefficient (Wildman–Crippen LogP) is 0.413. The molecular weight excluding hydrogens is 600 g/mol. The average Bonchev–Trinajstić information content (AvgIpc) is 3.39. The van der Waals surface area contributed by atoms with Crippen LogP contribution in [-0.2, 0) is 19.2 Å². The van der Waals surface area contributed by atoms with Crippen molar-refractivity contribution in [3.63, 3.8) is 0 Å². The molecule has 4 rings (SSSR count). The molecule has 1 saturated carbocycles. The number of aliphatic carboxylic acids is 1. The van der Waals surface area contributed by atoms with Crippen LogP contribution >= 0.6 is 35.1 Å². The molecule has 0 aromatic carbocycles. The van der Waals surface area contributed by atoms with Crippen molar-refractivity contribution >= 4 is 75.1 Å². The molecule has 1 aliphatic carbocycles. The minimum atomic E-state index is -1.31. The van der Waals surface area contributed by atoms with E-state index in [-0.39, 0.29) is 34.5 Å². The molecule has 2 atom stereocenters. The van der Waals surface area contributed by atoms with Crippen LogP contribution in [0.1, 0.15) is 31.5 Å². The highest BCUT2D eigenvalue weighted by Gasteiger charge is 2.54. The number of carbonyl (C=O) groups excluding carboxylic acids is 2. The van der Waals surface area contributed by atoms with Crippen LogP contribution in [0.2, 0.25) is 0 Å². The van der Waals surface area contributed by atoms with Gasteiger partial charge in [0.05, 0.1) is 12.3 Å². The number of nitrogens with zero attached hydrogens (tertiary/aromatic N) is 7. The Labute approximate surface area is 246 Å². The summed E-state index contributed by atoms with van der Waals surface area (Å²) >= 11 is 3.47. The van der Waals surface area contributed by atoms with Crippen LogP contribution in [0.25, 0.3) is 0 Å². The molecule has 222 valence electrons. The van der Waals surface area contributed by atoms with Crippen LogP contribution in [0, 0.1) is 0 Å². The highest BCUT2D eigenvalue weighted by molar-refractivity contribution is 8.13. The van der Waals surface area contributed by atoms with E-state index in [0.29, 0.717) is 10.7 Å². The number of carboxylic acids is 1. The molecule has 41 heavy (non-hydrogen) atoms. The van der Waals surface area contributed by atoms with Gasteiger partial charge in [0, 0.05) is 35.9 Å². The number of oxime groups is 1. The van der Waals surface area contributed by atoms with Crippen molar-refractivity contribution in [3.8, 4) is 0 Å². The number of hydrogen-bond acceptors (Lipinski definition) is 14. The zero-order valence-electron chi connectivity index (χ0n) is 22.1. The average molecular weight is 629 g/mol. The van der Waals surface area contributed by atoms with Gasteiger partial charge in [-0.05, 0) is 31.9 Å². The van der Waals surface area contributed by atoms with Crippen LogP contribution in [0.4, 0.5) is 9.52 Å². The number of aliphatic imine (C=N–C) groups is 1. The Hall–Kier alpha value is -3.29. The van der Waals surface area contributed by atoms with Gasteiger partial charge in [-0.25, -0.2) is 14.2 Å². The summed E-state index contributed by atoms with van der Waals surface area (Å²) in [6.45, 7) is -1.31. The second-order valence-corrected chi connectivity index (χ2v) is 11.8. The van der Waals surface area contributed by atoms with Gasteiger partial charge >= 0.3 is 5.97 Å². The van der Waals surface area contributed by atoms with E-state index in [1.165, 1.54) is 29.7 Å². The van der Waals surface area contributed by atoms with Crippen LogP contribution in [0.3, 0.4) is 0 Å². The first-order chi connectivity index (χ1) is 19.6. The van der Waals surface area contributed by atoms with Gasteiger partial charge in [-0.3, -0.25) is 19.5 Å². The van der Waals surface area contributed by atoms with E-state index >= 15 is 0 Å². The molecule has 2 amide bonds. The molecule has 0 radical (unpaired) electrons. The third kappa shape index (κ3) is 6.96. The molecule has 19 heteroatoms. The number of nitrogen functional groups attached to an aromatic ring is 1. The number of hydrogen-bond donors (Lipinski definition) is 4. The number of amides is 2. The topological polar surface area (TPSA) is 214 Å². The van der Waals surface area contributed by atoms with Gasteiger partial charge in [-0.1, -0.05) is 16.9 Å². The van der Waals surface area contributed by atoms with Crippen LogP contribution in [0.15, 0.2) is 26.5 Å². The van der Waals surface area contributed by atoms with Crippen LogP contribution < -0.4 is 16.8 Å². The second kappa shape index (κ2) is 13.6. The Morgan fingerprint density at radius 3 is 2.71 bits per heavy atom. The summed E-state index contributed by atoms with van der Waals surface area (Å²) in [5.74, 6) is -2.86. The third-order valence-corrected chi connectivity index (χ3v) is 9.02. The highest BCUT2D eigenvalue weighted by atomic mass is 32.2. The third-order valence-electron chi connectivity index (χ3n) is 6.44. The van der Waals surface area contributed by atoms with E-state index in [2.05, 4.69) is 29.8 Å². The quantitative estimate of drug-likeness (QED) is 0.127. The van der Waals surface area contributed by atoms with Gasteiger partial charge in [-0.2, -0.15) is 14.5 Å². The monoisotopic (exact) mass is 628 g/mol. The summed E-state index contributed by atoms with van der Waals surface area (Å²) in [6, 6.07) is -0.715. The zero-order valence-corrected chi connectivity index (χ0v) is 24.5. The number of anilines is 1. The van der Waals surface area contributed by atoms with Gasteiger partial charge < -0.3 is 26.7 Å². The lowest BCUT2D eigenvalue weighted by Gasteiger charge is -2.49. The Balaban J connectivity index is 1.47. The summed E-state index contributed by atoms with van der Waals surface area (Å²) < 4.78 is 16.4. The van der Waals surface area contributed by atoms with Gasteiger partial charge in [0.15, 0.2) is 10.3 Å². The SMILES string of the molecule is CSC(=NC1CCC(N)CC1)N(C)N=CC1=C(C(=O)O)N2C(=O)C(NC(=O)/C(=N\OCF)c3nsc(N)n3)[C@@H]2SC1. The fraction of sp³-hybridized carbons (Fsp3) is 0.545. The molecule has 0 bridgehead atoms. The molecule has 1 saturated heterocycles. The number of fused-ring (bicyclic) bond motifs is 1. The minimum absolute atomic E-state index is 0.0419. The summed E-state index contributed by atoms with van der Waals surface area (Å²) in [5, 5.41) is 21.8.